The first-order valence-electron chi connectivity index (χ1n) is 7.10. The van der Waals surface area contributed by atoms with Gasteiger partial charge in [-0.05, 0) is 48.8 Å². The molecule has 3 rings (SSSR count). The SMILES string of the molecule is Cc1ccc(C(NN)C2CCCc3sccc32)c(F)c1F. The van der Waals surface area contributed by atoms with E-state index < -0.39 is 17.7 Å². The first kappa shape index (κ1) is 14.6. The van der Waals surface area contributed by atoms with Crippen molar-refractivity contribution in [3.63, 3.8) is 0 Å². The van der Waals surface area contributed by atoms with Gasteiger partial charge in [0, 0.05) is 16.4 Å². The number of halogens is 2. The fraction of sp³-hybridized carbons (Fsp3) is 0.375. The second-order valence-corrected chi connectivity index (χ2v) is 6.54. The predicted molar refractivity (Wildman–Crippen MR) is 81.2 cm³/mol. The molecule has 1 aliphatic rings. The number of rotatable bonds is 3. The van der Waals surface area contributed by atoms with Crippen molar-refractivity contribution in [2.24, 2.45) is 5.84 Å². The molecule has 2 nitrogen and oxygen atoms in total. The van der Waals surface area contributed by atoms with E-state index in [-0.39, 0.29) is 5.92 Å². The van der Waals surface area contributed by atoms with Gasteiger partial charge < -0.3 is 0 Å². The molecule has 1 aromatic heterocycles. The third kappa shape index (κ3) is 2.50. The van der Waals surface area contributed by atoms with Gasteiger partial charge in [-0.25, -0.2) is 8.78 Å². The van der Waals surface area contributed by atoms with Crippen molar-refractivity contribution in [3.05, 3.63) is 56.8 Å². The van der Waals surface area contributed by atoms with Crippen LogP contribution in [0.15, 0.2) is 23.6 Å². The number of hydrazine groups is 1. The van der Waals surface area contributed by atoms with Crippen LogP contribution in [0, 0.1) is 18.6 Å². The molecule has 21 heavy (non-hydrogen) atoms. The molecular formula is C16H18F2N2S. The van der Waals surface area contributed by atoms with Crippen LogP contribution in [0.2, 0.25) is 0 Å². The van der Waals surface area contributed by atoms with E-state index in [2.05, 4.69) is 16.9 Å². The fourth-order valence-electron chi connectivity index (χ4n) is 3.19. The first-order valence-corrected chi connectivity index (χ1v) is 7.98. The summed E-state index contributed by atoms with van der Waals surface area (Å²) < 4.78 is 28.1. The molecule has 1 heterocycles. The summed E-state index contributed by atoms with van der Waals surface area (Å²) >= 11 is 1.73. The van der Waals surface area contributed by atoms with Crippen molar-refractivity contribution in [3.8, 4) is 0 Å². The highest BCUT2D eigenvalue weighted by Crippen LogP contribution is 2.42. The number of nitrogens with two attached hydrogens (primary N) is 1. The molecule has 0 fully saturated rings. The Hall–Kier alpha value is -1.30. The van der Waals surface area contributed by atoms with Crippen molar-refractivity contribution in [2.75, 3.05) is 0 Å². The Kier molecular flexibility index (Phi) is 4.06. The summed E-state index contributed by atoms with van der Waals surface area (Å²) in [5.74, 6) is 4.19. The molecule has 1 aromatic carbocycles. The van der Waals surface area contributed by atoms with Gasteiger partial charge in [-0.1, -0.05) is 12.1 Å². The summed E-state index contributed by atoms with van der Waals surface area (Å²) in [6.07, 6.45) is 3.03. The average molecular weight is 308 g/mol. The van der Waals surface area contributed by atoms with Gasteiger partial charge in [0.1, 0.15) is 0 Å². The van der Waals surface area contributed by atoms with Crippen molar-refractivity contribution in [2.45, 2.75) is 38.1 Å². The minimum atomic E-state index is -0.791. The lowest BCUT2D eigenvalue weighted by Crippen LogP contribution is -2.34. The van der Waals surface area contributed by atoms with E-state index in [1.54, 1.807) is 30.4 Å². The fourth-order valence-corrected chi connectivity index (χ4v) is 4.19. The Morgan fingerprint density at radius 2 is 2.10 bits per heavy atom. The number of benzene rings is 1. The molecular weight excluding hydrogens is 290 g/mol. The third-order valence-corrected chi connectivity index (χ3v) is 5.32. The Morgan fingerprint density at radius 1 is 1.29 bits per heavy atom. The van der Waals surface area contributed by atoms with E-state index in [9.17, 15) is 8.78 Å². The summed E-state index contributed by atoms with van der Waals surface area (Å²) in [5, 5.41) is 2.06. The average Bonchev–Trinajstić information content (AvgIpc) is 2.97. The third-order valence-electron chi connectivity index (χ3n) is 4.32. The topological polar surface area (TPSA) is 38.0 Å². The van der Waals surface area contributed by atoms with E-state index in [4.69, 9.17) is 5.84 Å². The van der Waals surface area contributed by atoms with Crippen molar-refractivity contribution < 1.29 is 8.78 Å². The number of hydrogen-bond donors (Lipinski definition) is 2. The van der Waals surface area contributed by atoms with Crippen LogP contribution in [0.4, 0.5) is 8.78 Å². The minimum Gasteiger partial charge on any atom is -0.271 e. The predicted octanol–water partition coefficient (Wildman–Crippen LogP) is 3.96. The lowest BCUT2D eigenvalue weighted by molar-refractivity contribution is 0.388. The van der Waals surface area contributed by atoms with Crippen LogP contribution in [0.3, 0.4) is 0 Å². The van der Waals surface area contributed by atoms with Gasteiger partial charge in [0.15, 0.2) is 11.6 Å². The molecule has 2 atom stereocenters. The summed E-state index contributed by atoms with van der Waals surface area (Å²) in [4.78, 5) is 1.33. The Balaban J connectivity index is 2.03. The van der Waals surface area contributed by atoms with Crippen molar-refractivity contribution in [1.29, 1.82) is 0 Å². The van der Waals surface area contributed by atoms with Gasteiger partial charge in [-0.2, -0.15) is 0 Å². The number of aryl methyl sites for hydroxylation is 2. The maximum Gasteiger partial charge on any atom is 0.163 e. The molecule has 0 radical (unpaired) electrons. The van der Waals surface area contributed by atoms with Gasteiger partial charge in [0.25, 0.3) is 0 Å². The van der Waals surface area contributed by atoms with Gasteiger partial charge >= 0.3 is 0 Å². The maximum atomic E-state index is 14.3. The highest BCUT2D eigenvalue weighted by molar-refractivity contribution is 7.10. The molecule has 0 amide bonds. The zero-order valence-corrected chi connectivity index (χ0v) is 12.6. The van der Waals surface area contributed by atoms with E-state index in [1.807, 2.05) is 0 Å². The second kappa shape index (κ2) is 5.83. The molecule has 0 bridgehead atoms. The van der Waals surface area contributed by atoms with Gasteiger partial charge in [0.05, 0.1) is 6.04 Å². The lowest BCUT2D eigenvalue weighted by Gasteiger charge is -2.31. The van der Waals surface area contributed by atoms with Gasteiger partial charge in [-0.3, -0.25) is 11.3 Å². The monoisotopic (exact) mass is 308 g/mol. The molecule has 112 valence electrons. The van der Waals surface area contributed by atoms with Crippen LogP contribution in [-0.4, -0.2) is 0 Å². The number of fused-ring (bicyclic) bond motifs is 1. The molecule has 2 aromatic rings. The van der Waals surface area contributed by atoms with Gasteiger partial charge in [-0.15, -0.1) is 11.3 Å². The molecule has 0 saturated heterocycles. The summed E-state index contributed by atoms with van der Waals surface area (Å²) in [6, 6.07) is 4.92. The molecule has 0 aliphatic heterocycles. The van der Waals surface area contributed by atoms with E-state index in [0.29, 0.717) is 11.1 Å². The Labute approximate surface area is 127 Å². The standard InChI is InChI=1S/C16H18F2N2S/c1-9-5-6-12(15(18)14(9)17)16(20-19)11-3-2-4-13-10(11)7-8-21-13/h5-8,11,16,20H,2-4,19H2,1H3. The molecule has 0 saturated carbocycles. The number of nitrogens with one attached hydrogen (secondary N) is 1. The largest absolute Gasteiger partial charge is 0.271 e. The highest BCUT2D eigenvalue weighted by Gasteiger charge is 2.31. The molecule has 1 aliphatic carbocycles. The van der Waals surface area contributed by atoms with Gasteiger partial charge in [0.2, 0.25) is 0 Å². The molecule has 3 N–H and O–H groups in total. The zero-order valence-electron chi connectivity index (χ0n) is 11.8. The molecule has 0 spiro atoms. The van der Waals surface area contributed by atoms with E-state index in [0.717, 1.165) is 19.3 Å². The zero-order chi connectivity index (χ0) is 15.0. The first-order chi connectivity index (χ1) is 10.1. The smallest absolute Gasteiger partial charge is 0.163 e. The summed E-state index contributed by atoms with van der Waals surface area (Å²) in [5.41, 5.74) is 4.54. The second-order valence-electron chi connectivity index (χ2n) is 5.54. The minimum absolute atomic E-state index is 0.0848. The van der Waals surface area contributed by atoms with Crippen molar-refractivity contribution in [1.82, 2.24) is 5.43 Å². The number of thiophene rings is 1. The molecule has 5 heteroatoms. The van der Waals surface area contributed by atoms with E-state index in [1.165, 1.54) is 10.4 Å². The maximum absolute atomic E-state index is 14.3. The number of hydrogen-bond acceptors (Lipinski definition) is 3. The van der Waals surface area contributed by atoms with Crippen LogP contribution >= 0.6 is 11.3 Å². The summed E-state index contributed by atoms with van der Waals surface area (Å²) in [6.45, 7) is 1.56. The highest BCUT2D eigenvalue weighted by atomic mass is 32.1. The van der Waals surface area contributed by atoms with Crippen LogP contribution < -0.4 is 11.3 Å². The van der Waals surface area contributed by atoms with Crippen LogP contribution in [-0.2, 0) is 6.42 Å². The normalized spacial score (nSPS) is 19.3. The van der Waals surface area contributed by atoms with E-state index >= 15 is 0 Å². The van der Waals surface area contributed by atoms with Crippen LogP contribution in [0.1, 0.15) is 46.4 Å². The van der Waals surface area contributed by atoms with Crippen molar-refractivity contribution >= 4 is 11.3 Å². The van der Waals surface area contributed by atoms with Crippen LogP contribution in [0.5, 0.6) is 0 Å². The van der Waals surface area contributed by atoms with Crippen LogP contribution in [0.25, 0.3) is 0 Å². The lowest BCUT2D eigenvalue weighted by atomic mass is 9.80. The summed E-state index contributed by atoms with van der Waals surface area (Å²) in [7, 11) is 0. The Morgan fingerprint density at radius 3 is 2.86 bits per heavy atom. The Bertz CT molecular complexity index is 654. The quantitative estimate of drug-likeness (QED) is 0.665. The molecule has 2 unspecified atom stereocenters.